The Labute approximate surface area is 157 Å². The van der Waals surface area contributed by atoms with E-state index in [-0.39, 0.29) is 17.9 Å². The van der Waals surface area contributed by atoms with Gasteiger partial charge in [-0.3, -0.25) is 10.1 Å². The summed E-state index contributed by atoms with van der Waals surface area (Å²) in [5.41, 5.74) is 0.393. The second-order valence-corrected chi connectivity index (χ2v) is 6.12. The lowest BCUT2D eigenvalue weighted by atomic mass is 9.99. The number of carbonyl (C=O) groups is 2. The number of alkyl halides is 3. The molecule has 1 saturated heterocycles. The van der Waals surface area contributed by atoms with Gasteiger partial charge in [0.15, 0.2) is 17.7 Å². The maximum absolute atomic E-state index is 14.0. The van der Waals surface area contributed by atoms with Gasteiger partial charge in [-0.25, -0.2) is 9.18 Å². The molecule has 0 radical (unpaired) electrons. The molecule has 0 aromatic heterocycles. The Hall–Kier alpha value is -3.10. The van der Waals surface area contributed by atoms with Gasteiger partial charge >= 0.3 is 12.3 Å². The minimum absolute atomic E-state index is 0.162. The first-order chi connectivity index (χ1) is 13.2. The zero-order chi connectivity index (χ0) is 20.5. The number of halogens is 4. The normalized spacial score (nSPS) is 16.7. The standard InChI is InChI=1S/C19H15F4NO4/c1-2-10-7-13(5-3-11(10)8-16-17(25)24-18(26)28-16)27-15-6-4-12(9-14(15)20)19(21,22)23/h3-7,9,16H,2,8H2,1H3,(H,24,25,26). The average molecular weight is 397 g/mol. The van der Waals surface area contributed by atoms with Crippen LogP contribution in [0.2, 0.25) is 0 Å². The van der Waals surface area contributed by atoms with Crippen molar-refractivity contribution in [2.45, 2.75) is 32.0 Å². The van der Waals surface area contributed by atoms with Gasteiger partial charge in [0.05, 0.1) is 5.56 Å². The van der Waals surface area contributed by atoms with E-state index < -0.39 is 35.7 Å². The lowest BCUT2D eigenvalue weighted by molar-refractivity contribution is -0.137. The van der Waals surface area contributed by atoms with E-state index in [1.54, 1.807) is 12.1 Å². The lowest BCUT2D eigenvalue weighted by Crippen LogP contribution is -2.26. The van der Waals surface area contributed by atoms with Gasteiger partial charge < -0.3 is 9.47 Å². The molecule has 1 aliphatic rings. The number of carbonyl (C=O) groups excluding carboxylic acids is 2. The predicted octanol–water partition coefficient (Wildman–Crippen LogP) is 4.38. The number of aryl methyl sites for hydroxylation is 1. The Balaban J connectivity index is 1.79. The molecule has 0 saturated carbocycles. The van der Waals surface area contributed by atoms with Gasteiger partial charge in [-0.2, -0.15) is 13.2 Å². The molecule has 9 heteroatoms. The van der Waals surface area contributed by atoms with E-state index in [0.717, 1.165) is 23.3 Å². The SMILES string of the molecule is CCc1cc(Oc2ccc(C(F)(F)F)cc2F)ccc1CC1OC(=O)NC1=O. The number of alkyl carbamates (subject to hydrolysis) is 1. The number of ether oxygens (including phenoxy) is 2. The fraction of sp³-hybridized carbons (Fsp3) is 0.263. The van der Waals surface area contributed by atoms with E-state index in [9.17, 15) is 27.2 Å². The number of amides is 2. The molecule has 1 atom stereocenters. The third kappa shape index (κ3) is 4.24. The number of hydrogen-bond donors (Lipinski definition) is 1. The molecule has 2 aromatic rings. The van der Waals surface area contributed by atoms with E-state index in [0.29, 0.717) is 12.5 Å². The van der Waals surface area contributed by atoms with Crippen molar-refractivity contribution in [2.75, 3.05) is 0 Å². The number of cyclic esters (lactones) is 1. The Morgan fingerprint density at radius 3 is 2.43 bits per heavy atom. The number of imide groups is 1. The van der Waals surface area contributed by atoms with Gasteiger partial charge in [0.1, 0.15) is 5.75 Å². The van der Waals surface area contributed by atoms with Crippen molar-refractivity contribution >= 4 is 12.0 Å². The predicted molar refractivity (Wildman–Crippen MR) is 89.4 cm³/mol. The highest BCUT2D eigenvalue weighted by Crippen LogP contribution is 2.34. The van der Waals surface area contributed by atoms with Crippen LogP contribution in [0.15, 0.2) is 36.4 Å². The zero-order valence-corrected chi connectivity index (χ0v) is 14.6. The third-order valence-corrected chi connectivity index (χ3v) is 4.22. The van der Waals surface area contributed by atoms with Gasteiger partial charge in [-0.05, 0) is 47.9 Å². The van der Waals surface area contributed by atoms with E-state index in [4.69, 9.17) is 9.47 Å². The van der Waals surface area contributed by atoms with Crippen molar-refractivity contribution in [3.8, 4) is 11.5 Å². The van der Waals surface area contributed by atoms with Crippen molar-refractivity contribution in [2.24, 2.45) is 0 Å². The number of benzene rings is 2. The molecule has 28 heavy (non-hydrogen) atoms. The summed E-state index contributed by atoms with van der Waals surface area (Å²) < 4.78 is 62.1. The van der Waals surface area contributed by atoms with Crippen molar-refractivity contribution in [1.29, 1.82) is 0 Å². The van der Waals surface area contributed by atoms with E-state index >= 15 is 0 Å². The monoisotopic (exact) mass is 397 g/mol. The van der Waals surface area contributed by atoms with Crippen LogP contribution >= 0.6 is 0 Å². The maximum Gasteiger partial charge on any atom is 0.416 e. The van der Waals surface area contributed by atoms with Crippen LogP contribution in [0.1, 0.15) is 23.6 Å². The number of hydrogen-bond acceptors (Lipinski definition) is 4. The fourth-order valence-corrected chi connectivity index (χ4v) is 2.81. The Kier molecular flexibility index (Phi) is 5.26. The summed E-state index contributed by atoms with van der Waals surface area (Å²) in [6, 6.07) is 6.76. The first-order valence-corrected chi connectivity index (χ1v) is 8.35. The van der Waals surface area contributed by atoms with Crippen molar-refractivity contribution in [3.63, 3.8) is 0 Å². The summed E-state index contributed by atoms with van der Waals surface area (Å²) >= 11 is 0. The van der Waals surface area contributed by atoms with Crippen molar-refractivity contribution < 1.29 is 36.6 Å². The number of rotatable bonds is 5. The molecule has 1 unspecified atom stereocenters. The van der Waals surface area contributed by atoms with Crippen LogP contribution in [0.4, 0.5) is 22.4 Å². The summed E-state index contributed by atoms with van der Waals surface area (Å²) in [7, 11) is 0. The lowest BCUT2D eigenvalue weighted by Gasteiger charge is -2.14. The van der Waals surface area contributed by atoms with Gasteiger partial charge in [-0.1, -0.05) is 13.0 Å². The molecule has 1 N–H and O–H groups in total. The fourth-order valence-electron chi connectivity index (χ4n) is 2.81. The highest BCUT2D eigenvalue weighted by molar-refractivity contribution is 6.00. The summed E-state index contributed by atoms with van der Waals surface area (Å²) in [4.78, 5) is 22.7. The largest absolute Gasteiger partial charge is 0.454 e. The molecule has 1 fully saturated rings. The van der Waals surface area contributed by atoms with E-state index in [1.165, 1.54) is 6.07 Å². The summed E-state index contributed by atoms with van der Waals surface area (Å²) in [6.07, 6.45) is -5.67. The molecular formula is C19H15F4NO4. The minimum atomic E-state index is -4.65. The summed E-state index contributed by atoms with van der Waals surface area (Å²) in [6.45, 7) is 1.85. The van der Waals surface area contributed by atoms with Gasteiger partial charge in [-0.15, -0.1) is 0 Å². The molecule has 1 aliphatic heterocycles. The van der Waals surface area contributed by atoms with E-state index in [2.05, 4.69) is 0 Å². The van der Waals surface area contributed by atoms with Crippen LogP contribution in [-0.4, -0.2) is 18.1 Å². The number of nitrogens with one attached hydrogen (secondary N) is 1. The zero-order valence-electron chi connectivity index (χ0n) is 14.6. The van der Waals surface area contributed by atoms with Crippen LogP contribution in [0.3, 0.4) is 0 Å². The summed E-state index contributed by atoms with van der Waals surface area (Å²) in [5.74, 6) is -1.77. The average Bonchev–Trinajstić information content (AvgIpc) is 2.94. The topological polar surface area (TPSA) is 64.6 Å². The first-order valence-electron chi connectivity index (χ1n) is 8.35. The summed E-state index contributed by atoms with van der Waals surface area (Å²) in [5, 5.41) is 2.04. The van der Waals surface area contributed by atoms with Gasteiger partial charge in [0.2, 0.25) is 0 Å². The van der Waals surface area contributed by atoms with Crippen LogP contribution in [0.5, 0.6) is 11.5 Å². The van der Waals surface area contributed by atoms with Gasteiger partial charge in [0, 0.05) is 6.42 Å². The molecule has 5 nitrogen and oxygen atoms in total. The Morgan fingerprint density at radius 2 is 1.86 bits per heavy atom. The smallest absolute Gasteiger partial charge is 0.416 e. The second kappa shape index (κ2) is 7.49. The molecule has 2 amide bonds. The Morgan fingerprint density at radius 1 is 1.11 bits per heavy atom. The first kappa shape index (κ1) is 19.7. The molecule has 0 spiro atoms. The van der Waals surface area contributed by atoms with Crippen LogP contribution in [0.25, 0.3) is 0 Å². The molecule has 0 bridgehead atoms. The highest BCUT2D eigenvalue weighted by Gasteiger charge is 2.33. The minimum Gasteiger partial charge on any atom is -0.454 e. The van der Waals surface area contributed by atoms with Crippen molar-refractivity contribution in [1.82, 2.24) is 5.32 Å². The van der Waals surface area contributed by atoms with Crippen molar-refractivity contribution in [3.05, 3.63) is 58.9 Å². The molecular weight excluding hydrogens is 382 g/mol. The maximum atomic E-state index is 14.0. The van der Waals surface area contributed by atoms with E-state index in [1.807, 2.05) is 12.2 Å². The van der Waals surface area contributed by atoms with Gasteiger partial charge in [0.25, 0.3) is 5.91 Å². The van der Waals surface area contributed by atoms with Crippen LogP contribution < -0.4 is 10.1 Å². The third-order valence-electron chi connectivity index (χ3n) is 4.22. The van der Waals surface area contributed by atoms with Crippen LogP contribution in [0, 0.1) is 5.82 Å². The molecule has 3 rings (SSSR count). The second-order valence-electron chi connectivity index (χ2n) is 6.12. The van der Waals surface area contributed by atoms with Crippen LogP contribution in [-0.2, 0) is 28.5 Å². The molecule has 148 valence electrons. The molecule has 1 heterocycles. The quantitative estimate of drug-likeness (QED) is 0.761. The molecule has 2 aromatic carbocycles. The highest BCUT2D eigenvalue weighted by atomic mass is 19.4. The Bertz CT molecular complexity index is 927. The molecule has 0 aliphatic carbocycles.